The first-order valence-electron chi connectivity index (χ1n) is 7.48. The molecule has 1 aromatic rings. The summed E-state index contributed by atoms with van der Waals surface area (Å²) < 4.78 is 28.5. The van der Waals surface area contributed by atoms with Crippen molar-refractivity contribution in [3.63, 3.8) is 0 Å². The molecular formula is C17H25ClO5. The summed E-state index contributed by atoms with van der Waals surface area (Å²) in [7, 11) is 6.47. The zero-order valence-corrected chi connectivity index (χ0v) is 15.2. The quantitative estimate of drug-likeness (QED) is 0.793. The summed E-state index contributed by atoms with van der Waals surface area (Å²) in [5.41, 5.74) is 1.20. The van der Waals surface area contributed by atoms with E-state index in [1.807, 2.05) is 32.0 Å². The number of hydrogen-bond acceptors (Lipinski definition) is 5. The number of halogens is 1. The molecule has 23 heavy (non-hydrogen) atoms. The number of ether oxygens (including phenoxy) is 5. The molecule has 130 valence electrons. The minimum atomic E-state index is -0.729. The highest BCUT2D eigenvalue weighted by Gasteiger charge is 2.58. The average molecular weight is 345 g/mol. The fourth-order valence-electron chi connectivity index (χ4n) is 3.13. The summed E-state index contributed by atoms with van der Waals surface area (Å²) in [6.45, 7) is 3.90. The van der Waals surface area contributed by atoms with Crippen molar-refractivity contribution in [2.75, 3.05) is 28.4 Å². The van der Waals surface area contributed by atoms with Crippen LogP contribution in [0.15, 0.2) is 18.2 Å². The molecule has 0 bridgehead atoms. The van der Waals surface area contributed by atoms with Gasteiger partial charge in [0.1, 0.15) is 23.9 Å². The Kier molecular flexibility index (Phi) is 6.05. The highest BCUT2D eigenvalue weighted by Crippen LogP contribution is 2.43. The second-order valence-corrected chi connectivity index (χ2v) is 6.28. The first-order valence-corrected chi connectivity index (χ1v) is 7.85. The van der Waals surface area contributed by atoms with Gasteiger partial charge in [-0.1, -0.05) is 23.7 Å². The summed E-state index contributed by atoms with van der Waals surface area (Å²) >= 11 is 6.26. The van der Waals surface area contributed by atoms with E-state index < -0.39 is 18.0 Å². The van der Waals surface area contributed by atoms with Crippen molar-refractivity contribution in [3.8, 4) is 0 Å². The molecule has 0 N–H and O–H groups in total. The summed E-state index contributed by atoms with van der Waals surface area (Å²) in [6, 6.07) is 5.84. The van der Waals surface area contributed by atoms with Gasteiger partial charge in [-0.15, -0.1) is 0 Å². The molecule has 0 aromatic heterocycles. The van der Waals surface area contributed by atoms with E-state index in [0.717, 1.165) is 11.1 Å². The van der Waals surface area contributed by atoms with Crippen LogP contribution < -0.4 is 0 Å². The van der Waals surface area contributed by atoms with Gasteiger partial charge in [-0.25, -0.2) is 0 Å². The third-order valence-corrected chi connectivity index (χ3v) is 5.04. The Morgan fingerprint density at radius 3 is 2.35 bits per heavy atom. The number of aryl methyl sites for hydroxylation is 1. The van der Waals surface area contributed by atoms with Crippen molar-refractivity contribution in [2.45, 2.75) is 44.1 Å². The Balaban J connectivity index is 2.41. The van der Waals surface area contributed by atoms with Crippen molar-refractivity contribution < 1.29 is 23.7 Å². The van der Waals surface area contributed by atoms with Crippen LogP contribution in [0.1, 0.15) is 24.2 Å². The lowest BCUT2D eigenvalue weighted by Crippen LogP contribution is -2.50. The van der Waals surface area contributed by atoms with E-state index in [1.165, 1.54) is 0 Å². The summed E-state index contributed by atoms with van der Waals surface area (Å²) in [5.74, 6) is 0. The minimum Gasteiger partial charge on any atom is -0.374 e. The largest absolute Gasteiger partial charge is 0.374 e. The maximum atomic E-state index is 6.26. The predicted molar refractivity (Wildman–Crippen MR) is 87.8 cm³/mol. The SMILES string of the molecule is CO[C@@H]1O[C@H]([C@H](OC)c2ccc(C)c(Cl)c2)[C@@](C)(OC)[C@H]1OC. The van der Waals surface area contributed by atoms with E-state index in [0.29, 0.717) is 5.02 Å². The zero-order chi connectivity index (χ0) is 17.2. The summed E-state index contributed by atoms with van der Waals surface area (Å²) in [6.07, 6.45) is -1.68. The topological polar surface area (TPSA) is 46.2 Å². The van der Waals surface area contributed by atoms with Gasteiger partial charge in [-0.3, -0.25) is 0 Å². The smallest absolute Gasteiger partial charge is 0.186 e. The first-order chi connectivity index (χ1) is 10.9. The molecule has 2 rings (SSSR count). The second-order valence-electron chi connectivity index (χ2n) is 5.87. The summed E-state index contributed by atoms with van der Waals surface area (Å²) in [5, 5.41) is 0.688. The zero-order valence-electron chi connectivity index (χ0n) is 14.5. The fourth-order valence-corrected chi connectivity index (χ4v) is 3.32. The lowest BCUT2D eigenvalue weighted by molar-refractivity contribution is -0.172. The Labute approximate surface area is 142 Å². The Hall–Kier alpha value is -0.690. The molecule has 1 aliphatic heterocycles. The van der Waals surface area contributed by atoms with E-state index in [9.17, 15) is 0 Å². The molecule has 0 saturated carbocycles. The van der Waals surface area contributed by atoms with Crippen LogP contribution in [0.3, 0.4) is 0 Å². The highest BCUT2D eigenvalue weighted by atomic mass is 35.5. The predicted octanol–water partition coefficient (Wildman–Crippen LogP) is 3.13. The molecule has 0 amide bonds. The van der Waals surface area contributed by atoms with Crippen molar-refractivity contribution in [2.24, 2.45) is 0 Å². The third-order valence-electron chi connectivity index (χ3n) is 4.64. The molecule has 1 aromatic carbocycles. The van der Waals surface area contributed by atoms with Gasteiger partial charge in [0.15, 0.2) is 6.29 Å². The maximum absolute atomic E-state index is 6.26. The first kappa shape index (κ1) is 18.6. The Morgan fingerprint density at radius 2 is 1.87 bits per heavy atom. The van der Waals surface area contributed by atoms with E-state index in [4.69, 9.17) is 35.3 Å². The van der Waals surface area contributed by atoms with Gasteiger partial charge < -0.3 is 23.7 Å². The van der Waals surface area contributed by atoms with Gasteiger partial charge in [0.2, 0.25) is 0 Å². The van der Waals surface area contributed by atoms with Crippen LogP contribution in [-0.2, 0) is 23.7 Å². The van der Waals surface area contributed by atoms with Crippen molar-refractivity contribution in [1.82, 2.24) is 0 Å². The van der Waals surface area contributed by atoms with Crippen molar-refractivity contribution in [3.05, 3.63) is 34.3 Å². The van der Waals surface area contributed by atoms with Crippen LogP contribution >= 0.6 is 11.6 Å². The number of methoxy groups -OCH3 is 4. The molecule has 1 heterocycles. The van der Waals surface area contributed by atoms with Crippen LogP contribution in [0.4, 0.5) is 0 Å². The third kappa shape index (κ3) is 3.27. The van der Waals surface area contributed by atoms with Gasteiger partial charge in [0, 0.05) is 33.5 Å². The van der Waals surface area contributed by atoms with Gasteiger partial charge in [0.25, 0.3) is 0 Å². The van der Waals surface area contributed by atoms with Gasteiger partial charge >= 0.3 is 0 Å². The standard InChI is InChI=1S/C17H25ClO5/c1-10-7-8-11(9-12(10)18)13(19-3)14-17(2,22-6)15(20-4)16(21-5)23-14/h7-9,13-16H,1-6H3/t13-,14-,15+,16-,17-/m1/s1. The molecule has 5 nitrogen and oxygen atoms in total. The monoisotopic (exact) mass is 344 g/mol. The van der Waals surface area contributed by atoms with E-state index in [-0.39, 0.29) is 12.2 Å². The molecule has 5 atom stereocenters. The van der Waals surface area contributed by atoms with Crippen LogP contribution in [-0.4, -0.2) is 52.5 Å². The van der Waals surface area contributed by atoms with Crippen molar-refractivity contribution >= 4 is 11.6 Å². The molecule has 0 aliphatic carbocycles. The normalized spacial score (nSPS) is 32.2. The molecular weight excluding hydrogens is 320 g/mol. The molecule has 0 unspecified atom stereocenters. The van der Waals surface area contributed by atoms with Crippen LogP contribution in [0, 0.1) is 6.92 Å². The van der Waals surface area contributed by atoms with E-state index in [2.05, 4.69) is 0 Å². The molecule has 0 spiro atoms. The van der Waals surface area contributed by atoms with Crippen molar-refractivity contribution in [1.29, 1.82) is 0 Å². The molecule has 6 heteroatoms. The summed E-state index contributed by atoms with van der Waals surface area (Å²) in [4.78, 5) is 0. The maximum Gasteiger partial charge on any atom is 0.186 e. The molecule has 0 radical (unpaired) electrons. The Bertz CT molecular complexity index is 538. The number of benzene rings is 1. The van der Waals surface area contributed by atoms with Crippen LogP contribution in [0.25, 0.3) is 0 Å². The average Bonchev–Trinajstić information content (AvgIpc) is 2.84. The lowest BCUT2D eigenvalue weighted by Gasteiger charge is -2.36. The molecule has 1 fully saturated rings. The van der Waals surface area contributed by atoms with Crippen LogP contribution in [0.5, 0.6) is 0 Å². The van der Waals surface area contributed by atoms with E-state index >= 15 is 0 Å². The van der Waals surface area contributed by atoms with Gasteiger partial charge in [0.05, 0.1) is 0 Å². The second kappa shape index (κ2) is 7.47. The highest BCUT2D eigenvalue weighted by molar-refractivity contribution is 6.31. The van der Waals surface area contributed by atoms with Crippen LogP contribution in [0.2, 0.25) is 5.02 Å². The molecule has 1 aliphatic rings. The Morgan fingerprint density at radius 1 is 1.17 bits per heavy atom. The minimum absolute atomic E-state index is 0.365. The number of rotatable bonds is 6. The van der Waals surface area contributed by atoms with Gasteiger partial charge in [-0.2, -0.15) is 0 Å². The lowest BCUT2D eigenvalue weighted by atomic mass is 9.88. The van der Waals surface area contributed by atoms with Gasteiger partial charge in [-0.05, 0) is 31.0 Å². The number of hydrogen-bond donors (Lipinski definition) is 0. The fraction of sp³-hybridized carbons (Fsp3) is 0.647. The molecule has 1 saturated heterocycles. The van der Waals surface area contributed by atoms with E-state index in [1.54, 1.807) is 28.4 Å².